The van der Waals surface area contributed by atoms with E-state index >= 15 is 0 Å². The number of nitrogens with one attached hydrogen (secondary N) is 1. The third-order valence-corrected chi connectivity index (χ3v) is 4.52. The first-order chi connectivity index (χ1) is 8.69. The Kier molecular flexibility index (Phi) is 2.70. The third kappa shape index (κ3) is 1.75. The van der Waals surface area contributed by atoms with Gasteiger partial charge in [0.1, 0.15) is 11.3 Å². The summed E-state index contributed by atoms with van der Waals surface area (Å²) in [5.41, 5.74) is 2.65. The van der Waals surface area contributed by atoms with Gasteiger partial charge in [-0.25, -0.2) is 0 Å². The van der Waals surface area contributed by atoms with Gasteiger partial charge < -0.3 is 14.3 Å². The number of benzene rings is 1. The number of methoxy groups -OCH3 is 1. The molecule has 1 N–H and O–H groups in total. The van der Waals surface area contributed by atoms with E-state index in [4.69, 9.17) is 17.0 Å². The van der Waals surface area contributed by atoms with Crippen LogP contribution in [0.15, 0.2) is 18.2 Å². The molecule has 0 radical (unpaired) electrons. The fourth-order valence-corrected chi connectivity index (χ4v) is 2.88. The van der Waals surface area contributed by atoms with Crippen molar-refractivity contribution in [3.05, 3.63) is 23.0 Å². The molecule has 18 heavy (non-hydrogen) atoms. The van der Waals surface area contributed by atoms with E-state index in [9.17, 15) is 0 Å². The maximum absolute atomic E-state index is 5.46. The Morgan fingerprint density at radius 2 is 2.22 bits per heavy atom. The highest BCUT2D eigenvalue weighted by Crippen LogP contribution is 2.50. The molecule has 3 nitrogen and oxygen atoms in total. The van der Waals surface area contributed by atoms with Gasteiger partial charge in [0.15, 0.2) is 4.77 Å². The smallest absolute Gasteiger partial charge is 0.178 e. The monoisotopic (exact) mass is 262 g/mol. The van der Waals surface area contributed by atoms with Crippen LogP contribution in [0, 0.1) is 10.2 Å². The fraction of sp³-hybridized carbons (Fsp3) is 0.500. The van der Waals surface area contributed by atoms with E-state index in [0.717, 1.165) is 28.1 Å². The molecule has 0 atom stereocenters. The molecule has 0 spiro atoms. The summed E-state index contributed by atoms with van der Waals surface area (Å²) in [7, 11) is 1.69. The molecule has 0 bridgehead atoms. The molecule has 0 saturated heterocycles. The highest BCUT2D eigenvalue weighted by Gasteiger charge is 2.41. The average Bonchev–Trinajstić information content (AvgIpc) is 3.10. The first-order valence-electron chi connectivity index (χ1n) is 6.45. The molecule has 1 aliphatic carbocycles. The van der Waals surface area contributed by atoms with Crippen molar-refractivity contribution in [3.63, 3.8) is 0 Å². The summed E-state index contributed by atoms with van der Waals surface area (Å²) in [4.78, 5) is 3.27. The summed E-state index contributed by atoms with van der Waals surface area (Å²) in [6.45, 7) is 3.29. The third-order valence-electron chi connectivity index (χ3n) is 4.19. The molecule has 0 aliphatic heterocycles. The number of aromatic amines is 1. The minimum absolute atomic E-state index is 0.483. The van der Waals surface area contributed by atoms with Crippen molar-refractivity contribution >= 4 is 23.3 Å². The van der Waals surface area contributed by atoms with Crippen molar-refractivity contribution in [1.82, 2.24) is 9.55 Å². The van der Waals surface area contributed by atoms with Gasteiger partial charge in [0, 0.05) is 6.54 Å². The molecule has 1 aromatic heterocycles. The number of rotatable bonds is 4. The number of hydrogen-bond donors (Lipinski definition) is 1. The Balaban J connectivity index is 2.12. The van der Waals surface area contributed by atoms with Gasteiger partial charge in [0.05, 0.1) is 12.6 Å². The number of imidazole rings is 1. The maximum atomic E-state index is 5.46. The molecule has 0 unspecified atom stereocenters. The normalized spacial score (nSPS) is 17.0. The highest BCUT2D eigenvalue weighted by atomic mass is 32.1. The summed E-state index contributed by atoms with van der Waals surface area (Å²) in [6.07, 6.45) is 3.87. The number of ether oxygens (including phenoxy) is 1. The predicted octanol–water partition coefficient (Wildman–Crippen LogP) is 3.90. The van der Waals surface area contributed by atoms with Crippen molar-refractivity contribution in [2.24, 2.45) is 5.41 Å². The minimum Gasteiger partial charge on any atom is -0.494 e. The van der Waals surface area contributed by atoms with Crippen LogP contribution in [-0.4, -0.2) is 16.7 Å². The molecule has 4 heteroatoms. The number of para-hydroxylation sites is 1. The van der Waals surface area contributed by atoms with Crippen LogP contribution >= 0.6 is 12.2 Å². The first-order valence-corrected chi connectivity index (χ1v) is 6.85. The predicted molar refractivity (Wildman–Crippen MR) is 75.6 cm³/mol. The summed E-state index contributed by atoms with van der Waals surface area (Å²) in [5, 5.41) is 0. The van der Waals surface area contributed by atoms with Gasteiger partial charge in [0.25, 0.3) is 0 Å². The topological polar surface area (TPSA) is 29.9 Å². The van der Waals surface area contributed by atoms with E-state index in [-0.39, 0.29) is 0 Å². The minimum atomic E-state index is 0.483. The van der Waals surface area contributed by atoms with E-state index < -0.39 is 0 Å². The second-order valence-electron chi connectivity index (χ2n) is 5.22. The molecule has 3 rings (SSSR count). The second kappa shape index (κ2) is 4.12. The number of nitrogens with zero attached hydrogens (tertiary/aromatic N) is 1. The van der Waals surface area contributed by atoms with Crippen LogP contribution in [0.5, 0.6) is 5.75 Å². The van der Waals surface area contributed by atoms with Crippen LogP contribution < -0.4 is 4.74 Å². The van der Waals surface area contributed by atoms with Crippen LogP contribution in [0.4, 0.5) is 0 Å². The zero-order chi connectivity index (χ0) is 12.8. The van der Waals surface area contributed by atoms with Crippen LogP contribution in [-0.2, 0) is 6.54 Å². The lowest BCUT2D eigenvalue weighted by atomic mass is 10.0. The van der Waals surface area contributed by atoms with Crippen molar-refractivity contribution in [3.8, 4) is 5.75 Å². The zero-order valence-electron chi connectivity index (χ0n) is 10.8. The van der Waals surface area contributed by atoms with Crippen LogP contribution in [0.3, 0.4) is 0 Å². The lowest BCUT2D eigenvalue weighted by Gasteiger charge is -2.14. The molecule has 2 aromatic rings. The SMILES string of the molecule is CCC1(Cn2c(=S)[nH]c3c(OC)cccc32)CC1. The molecule has 1 aromatic carbocycles. The Bertz CT molecular complexity index is 637. The Labute approximate surface area is 112 Å². The van der Waals surface area contributed by atoms with E-state index in [1.54, 1.807) is 7.11 Å². The average molecular weight is 262 g/mol. The summed E-state index contributed by atoms with van der Waals surface area (Å²) >= 11 is 5.46. The fourth-order valence-electron chi connectivity index (χ4n) is 2.62. The summed E-state index contributed by atoms with van der Waals surface area (Å²) in [6, 6.07) is 6.09. The number of fused-ring (bicyclic) bond motifs is 1. The van der Waals surface area contributed by atoms with Gasteiger partial charge in [-0.05, 0) is 49.0 Å². The molecular weight excluding hydrogens is 244 g/mol. The van der Waals surface area contributed by atoms with Crippen LogP contribution in [0.2, 0.25) is 0 Å². The Morgan fingerprint density at radius 1 is 1.44 bits per heavy atom. The Morgan fingerprint density at radius 3 is 2.83 bits per heavy atom. The molecule has 0 amide bonds. The van der Waals surface area contributed by atoms with Gasteiger partial charge in [-0.15, -0.1) is 0 Å². The standard InChI is InChI=1S/C14H18N2OS/c1-3-14(7-8-14)9-16-10-5-4-6-11(17-2)12(10)15-13(16)18/h4-6H,3,7-9H2,1-2H3,(H,15,18). The van der Waals surface area contributed by atoms with Crippen molar-refractivity contribution in [2.45, 2.75) is 32.7 Å². The van der Waals surface area contributed by atoms with Crippen LogP contribution in [0.25, 0.3) is 11.0 Å². The largest absolute Gasteiger partial charge is 0.494 e. The number of aromatic nitrogens is 2. The van der Waals surface area contributed by atoms with Crippen molar-refractivity contribution in [1.29, 1.82) is 0 Å². The maximum Gasteiger partial charge on any atom is 0.178 e. The number of H-pyrrole nitrogens is 1. The quantitative estimate of drug-likeness (QED) is 0.847. The van der Waals surface area contributed by atoms with Gasteiger partial charge >= 0.3 is 0 Å². The molecule has 1 fully saturated rings. The molecule has 1 saturated carbocycles. The second-order valence-corrected chi connectivity index (χ2v) is 5.61. The van der Waals surface area contributed by atoms with Gasteiger partial charge in [-0.1, -0.05) is 13.0 Å². The van der Waals surface area contributed by atoms with E-state index in [2.05, 4.69) is 22.5 Å². The Hall–Kier alpha value is -1.29. The van der Waals surface area contributed by atoms with Crippen molar-refractivity contribution in [2.75, 3.05) is 7.11 Å². The van der Waals surface area contributed by atoms with Gasteiger partial charge in [0.2, 0.25) is 0 Å². The first kappa shape index (κ1) is 11.8. The van der Waals surface area contributed by atoms with E-state index in [1.807, 2.05) is 12.1 Å². The van der Waals surface area contributed by atoms with Crippen LogP contribution in [0.1, 0.15) is 26.2 Å². The molecule has 96 valence electrons. The zero-order valence-corrected chi connectivity index (χ0v) is 11.6. The lowest BCUT2D eigenvalue weighted by molar-refractivity contribution is 0.412. The van der Waals surface area contributed by atoms with Gasteiger partial charge in [-0.2, -0.15) is 0 Å². The molecule has 1 aliphatic rings. The summed E-state index contributed by atoms with van der Waals surface area (Å²) in [5.74, 6) is 0.860. The molecule has 1 heterocycles. The van der Waals surface area contributed by atoms with E-state index in [1.165, 1.54) is 19.3 Å². The van der Waals surface area contributed by atoms with Gasteiger partial charge in [-0.3, -0.25) is 0 Å². The van der Waals surface area contributed by atoms with E-state index in [0.29, 0.717) is 5.41 Å². The number of hydrogen-bond acceptors (Lipinski definition) is 2. The molecular formula is C14H18N2OS. The summed E-state index contributed by atoms with van der Waals surface area (Å²) < 4.78 is 8.40. The van der Waals surface area contributed by atoms with Crippen molar-refractivity contribution < 1.29 is 4.74 Å². The lowest BCUT2D eigenvalue weighted by Crippen LogP contribution is -2.10. The highest BCUT2D eigenvalue weighted by molar-refractivity contribution is 7.71.